The summed E-state index contributed by atoms with van der Waals surface area (Å²) in [4.78, 5) is 29.2. The van der Waals surface area contributed by atoms with Crippen molar-refractivity contribution in [3.8, 4) is 11.5 Å². The molecule has 0 aliphatic carbocycles. The highest BCUT2D eigenvalue weighted by Gasteiger charge is 2.35. The van der Waals surface area contributed by atoms with E-state index in [0.29, 0.717) is 18.9 Å². The molecule has 7 heteroatoms. The molecule has 0 unspecified atom stereocenters. The van der Waals surface area contributed by atoms with Gasteiger partial charge in [0.2, 0.25) is 5.91 Å². The van der Waals surface area contributed by atoms with Gasteiger partial charge in [0.15, 0.2) is 5.82 Å². The molecular weight excluding hydrogens is 366 g/mol. The number of nitrogens with one attached hydrogen (secondary N) is 2. The second-order valence-electron chi connectivity index (χ2n) is 6.99. The maximum Gasteiger partial charge on any atom is 0.230 e. The maximum absolute atomic E-state index is 12.9. The Kier molecular flexibility index (Phi) is 4.50. The molecule has 0 spiro atoms. The van der Waals surface area contributed by atoms with Crippen LogP contribution in [0.1, 0.15) is 18.1 Å². The van der Waals surface area contributed by atoms with Crippen LogP contribution in [0, 0.1) is 5.92 Å². The molecule has 144 valence electrons. The van der Waals surface area contributed by atoms with E-state index in [0.717, 1.165) is 28.0 Å². The summed E-state index contributed by atoms with van der Waals surface area (Å²) in [5, 5.41) is 3.02. The number of aromatic nitrogens is 4. The van der Waals surface area contributed by atoms with E-state index in [1.54, 1.807) is 18.6 Å². The van der Waals surface area contributed by atoms with Crippen molar-refractivity contribution in [2.24, 2.45) is 5.92 Å². The summed E-state index contributed by atoms with van der Waals surface area (Å²) in [6, 6.07) is 15.1. The number of nitrogens with zero attached hydrogens (tertiary/aromatic N) is 3. The van der Waals surface area contributed by atoms with Crippen LogP contribution in [0.3, 0.4) is 0 Å². The van der Waals surface area contributed by atoms with Crippen LogP contribution in [-0.4, -0.2) is 32.4 Å². The molecule has 1 aliphatic heterocycles. The molecule has 0 bridgehead atoms. The molecule has 29 heavy (non-hydrogen) atoms. The summed E-state index contributed by atoms with van der Waals surface area (Å²) in [6.45, 7) is 0.560. The highest BCUT2D eigenvalue weighted by atomic mass is 16.5. The predicted octanol–water partition coefficient (Wildman–Crippen LogP) is 3.74. The zero-order valence-electron chi connectivity index (χ0n) is 15.6. The quantitative estimate of drug-likeness (QED) is 0.558. The van der Waals surface area contributed by atoms with Crippen molar-refractivity contribution >= 4 is 22.6 Å². The lowest BCUT2D eigenvalue weighted by Gasteiger charge is -2.18. The Morgan fingerprint density at radius 3 is 2.93 bits per heavy atom. The fourth-order valence-electron chi connectivity index (χ4n) is 3.68. The zero-order valence-corrected chi connectivity index (χ0v) is 15.6. The largest absolute Gasteiger partial charge is 0.373 e. The normalized spacial score (nSPS) is 18.8. The number of amides is 1. The van der Waals surface area contributed by atoms with Crippen LogP contribution in [0.4, 0.5) is 5.69 Å². The minimum absolute atomic E-state index is 0.0554. The van der Waals surface area contributed by atoms with Crippen LogP contribution in [-0.2, 0) is 9.53 Å². The standard InChI is InChI=1S/C22H19N5O2/c28-22(16-8-11-29-20(16)14-4-3-9-23-13-14)25-15-6-7-17-19(12-15)27-21(26-17)18-5-1-2-10-24-18/h1-7,9-10,12-13,16,20H,8,11H2,(H,25,28)(H,26,27)/t16-,20+/m0/s1. The van der Waals surface area contributed by atoms with Crippen molar-refractivity contribution < 1.29 is 9.53 Å². The first-order valence-corrected chi connectivity index (χ1v) is 9.51. The molecule has 5 rings (SSSR count). The number of aromatic amines is 1. The van der Waals surface area contributed by atoms with Gasteiger partial charge in [-0.15, -0.1) is 0 Å². The molecule has 1 fully saturated rings. The van der Waals surface area contributed by atoms with E-state index < -0.39 is 0 Å². The highest BCUT2D eigenvalue weighted by Crippen LogP contribution is 2.35. The third-order valence-electron chi connectivity index (χ3n) is 5.10. The third kappa shape index (κ3) is 3.48. The molecule has 0 radical (unpaired) electrons. The Hall–Kier alpha value is -3.58. The van der Waals surface area contributed by atoms with E-state index in [1.165, 1.54) is 0 Å². The van der Waals surface area contributed by atoms with Gasteiger partial charge in [0, 0.05) is 30.9 Å². The lowest BCUT2D eigenvalue weighted by Crippen LogP contribution is -2.25. The first-order valence-electron chi connectivity index (χ1n) is 9.51. The summed E-state index contributed by atoms with van der Waals surface area (Å²) in [7, 11) is 0. The van der Waals surface area contributed by atoms with E-state index >= 15 is 0 Å². The number of carbonyl (C=O) groups excluding carboxylic acids is 1. The number of fused-ring (bicyclic) bond motifs is 1. The summed E-state index contributed by atoms with van der Waals surface area (Å²) >= 11 is 0. The summed E-state index contributed by atoms with van der Waals surface area (Å²) in [5.74, 6) is 0.394. The third-order valence-corrected chi connectivity index (χ3v) is 5.10. The number of hydrogen-bond acceptors (Lipinski definition) is 5. The molecule has 4 aromatic rings. The van der Waals surface area contributed by atoms with E-state index in [9.17, 15) is 4.79 Å². The topological polar surface area (TPSA) is 92.8 Å². The highest BCUT2D eigenvalue weighted by molar-refractivity contribution is 5.95. The Balaban J connectivity index is 1.36. The number of pyridine rings is 2. The van der Waals surface area contributed by atoms with Gasteiger partial charge >= 0.3 is 0 Å². The van der Waals surface area contributed by atoms with E-state index in [1.807, 2.05) is 48.5 Å². The number of imidazole rings is 1. The molecule has 3 aromatic heterocycles. The molecule has 1 amide bonds. The van der Waals surface area contributed by atoms with Gasteiger partial charge in [-0.1, -0.05) is 12.1 Å². The van der Waals surface area contributed by atoms with Gasteiger partial charge in [0.05, 0.1) is 23.1 Å². The van der Waals surface area contributed by atoms with Crippen LogP contribution in [0.5, 0.6) is 0 Å². The number of ether oxygens (including phenoxy) is 1. The fraction of sp³-hybridized carbons (Fsp3) is 0.182. The number of benzene rings is 1. The number of anilines is 1. The number of rotatable bonds is 4. The van der Waals surface area contributed by atoms with Crippen molar-refractivity contribution in [3.05, 3.63) is 72.7 Å². The molecule has 4 heterocycles. The van der Waals surface area contributed by atoms with Crippen molar-refractivity contribution in [1.82, 2.24) is 19.9 Å². The summed E-state index contributed by atoms with van der Waals surface area (Å²) in [6.07, 6.45) is 5.62. The molecule has 1 saturated heterocycles. The van der Waals surface area contributed by atoms with Gasteiger partial charge in [-0.05, 0) is 48.4 Å². The second-order valence-corrected chi connectivity index (χ2v) is 6.99. The Labute approximate surface area is 167 Å². The number of hydrogen-bond donors (Lipinski definition) is 2. The molecule has 1 aliphatic rings. The Morgan fingerprint density at radius 1 is 1.14 bits per heavy atom. The molecule has 7 nitrogen and oxygen atoms in total. The van der Waals surface area contributed by atoms with Gasteiger partial charge in [-0.3, -0.25) is 14.8 Å². The second kappa shape index (κ2) is 7.44. The van der Waals surface area contributed by atoms with Crippen molar-refractivity contribution in [3.63, 3.8) is 0 Å². The van der Waals surface area contributed by atoms with Crippen molar-refractivity contribution in [2.75, 3.05) is 11.9 Å². The predicted molar refractivity (Wildman–Crippen MR) is 109 cm³/mol. The lowest BCUT2D eigenvalue weighted by atomic mass is 9.95. The van der Waals surface area contributed by atoms with E-state index in [4.69, 9.17) is 4.74 Å². The summed E-state index contributed by atoms with van der Waals surface area (Å²) < 4.78 is 5.81. The SMILES string of the molecule is O=C(Nc1ccc2nc(-c3ccccn3)[nH]c2c1)[C@H]1CCO[C@@H]1c1cccnc1. The van der Waals surface area contributed by atoms with Gasteiger partial charge in [-0.25, -0.2) is 4.98 Å². The molecule has 2 atom stereocenters. The first-order chi connectivity index (χ1) is 14.3. The monoisotopic (exact) mass is 385 g/mol. The van der Waals surface area contributed by atoms with Gasteiger partial charge in [-0.2, -0.15) is 0 Å². The van der Waals surface area contributed by atoms with Crippen LogP contribution in [0.2, 0.25) is 0 Å². The smallest absolute Gasteiger partial charge is 0.230 e. The average Bonchev–Trinajstić information content (AvgIpc) is 3.42. The van der Waals surface area contributed by atoms with E-state index in [-0.39, 0.29) is 17.9 Å². The average molecular weight is 385 g/mol. The Morgan fingerprint density at radius 2 is 2.10 bits per heavy atom. The molecular formula is C22H19N5O2. The number of H-pyrrole nitrogens is 1. The number of carbonyl (C=O) groups is 1. The van der Waals surface area contributed by atoms with Gasteiger partial charge in [0.25, 0.3) is 0 Å². The molecule has 2 N–H and O–H groups in total. The minimum atomic E-state index is -0.268. The lowest BCUT2D eigenvalue weighted by molar-refractivity contribution is -0.121. The zero-order chi connectivity index (χ0) is 19.6. The van der Waals surface area contributed by atoms with Crippen LogP contribution >= 0.6 is 0 Å². The van der Waals surface area contributed by atoms with Crippen molar-refractivity contribution in [2.45, 2.75) is 12.5 Å². The first kappa shape index (κ1) is 17.5. The summed E-state index contributed by atoms with van der Waals surface area (Å²) in [5.41, 5.74) is 4.08. The van der Waals surface area contributed by atoms with Crippen molar-refractivity contribution in [1.29, 1.82) is 0 Å². The maximum atomic E-state index is 12.9. The van der Waals surface area contributed by atoms with Crippen LogP contribution < -0.4 is 5.32 Å². The minimum Gasteiger partial charge on any atom is -0.373 e. The molecule has 0 saturated carbocycles. The van der Waals surface area contributed by atoms with Gasteiger partial charge < -0.3 is 15.0 Å². The van der Waals surface area contributed by atoms with Gasteiger partial charge in [0.1, 0.15) is 5.69 Å². The Bertz CT molecular complexity index is 1140. The van der Waals surface area contributed by atoms with Crippen LogP contribution in [0.25, 0.3) is 22.6 Å². The fourth-order valence-corrected chi connectivity index (χ4v) is 3.68. The van der Waals surface area contributed by atoms with E-state index in [2.05, 4.69) is 25.3 Å². The molecule has 1 aromatic carbocycles. The van der Waals surface area contributed by atoms with Crippen LogP contribution in [0.15, 0.2) is 67.1 Å².